The highest BCUT2D eigenvalue weighted by Gasteiger charge is 2.06. The standard InChI is InChI=1S/C16H15FN6O/c17-15-6-2-1-4-12(15)8-19-16(24)20-9-13-11-23(22-21-13)14-5-3-7-18-10-14/h1-7,10-11H,8-9H2,(H2,19,20,24). The molecule has 2 aromatic heterocycles. The van der Waals surface area contributed by atoms with Crippen molar-refractivity contribution in [1.29, 1.82) is 0 Å². The monoisotopic (exact) mass is 326 g/mol. The Bertz CT molecular complexity index is 820. The molecular formula is C16H15FN6O. The molecule has 0 unspecified atom stereocenters. The molecule has 0 radical (unpaired) electrons. The van der Waals surface area contributed by atoms with Gasteiger partial charge < -0.3 is 10.6 Å². The number of carbonyl (C=O) groups excluding carboxylic acids is 1. The third-order valence-corrected chi connectivity index (χ3v) is 3.28. The summed E-state index contributed by atoms with van der Waals surface area (Å²) in [6, 6.07) is 9.53. The second kappa shape index (κ2) is 7.32. The lowest BCUT2D eigenvalue weighted by Crippen LogP contribution is -2.34. The predicted molar refractivity (Wildman–Crippen MR) is 84.6 cm³/mol. The summed E-state index contributed by atoms with van der Waals surface area (Å²) in [4.78, 5) is 15.8. The number of benzene rings is 1. The number of halogens is 1. The third-order valence-electron chi connectivity index (χ3n) is 3.28. The van der Waals surface area contributed by atoms with E-state index >= 15 is 0 Å². The fourth-order valence-electron chi connectivity index (χ4n) is 2.05. The van der Waals surface area contributed by atoms with Gasteiger partial charge in [0, 0.05) is 18.3 Å². The first-order valence-corrected chi connectivity index (χ1v) is 7.29. The van der Waals surface area contributed by atoms with Gasteiger partial charge in [0.15, 0.2) is 0 Å². The third kappa shape index (κ3) is 3.92. The summed E-state index contributed by atoms with van der Waals surface area (Å²) in [5.74, 6) is -0.350. The number of nitrogens with zero attached hydrogens (tertiary/aromatic N) is 4. The molecule has 7 nitrogen and oxygen atoms in total. The zero-order valence-electron chi connectivity index (χ0n) is 12.7. The van der Waals surface area contributed by atoms with Crippen molar-refractivity contribution in [3.05, 3.63) is 72.1 Å². The zero-order chi connectivity index (χ0) is 16.8. The van der Waals surface area contributed by atoms with Crippen molar-refractivity contribution >= 4 is 6.03 Å². The van der Waals surface area contributed by atoms with Gasteiger partial charge in [-0.2, -0.15) is 0 Å². The molecule has 0 aliphatic carbocycles. The van der Waals surface area contributed by atoms with Crippen molar-refractivity contribution in [2.24, 2.45) is 0 Å². The van der Waals surface area contributed by atoms with Crippen LogP contribution in [0.5, 0.6) is 0 Å². The van der Waals surface area contributed by atoms with Crippen LogP contribution in [0.3, 0.4) is 0 Å². The first kappa shape index (κ1) is 15.6. The number of hydrogen-bond donors (Lipinski definition) is 2. The molecular weight excluding hydrogens is 311 g/mol. The summed E-state index contributed by atoms with van der Waals surface area (Å²) in [6.07, 6.45) is 5.03. The summed E-state index contributed by atoms with van der Waals surface area (Å²) >= 11 is 0. The molecule has 2 amide bonds. The summed E-state index contributed by atoms with van der Waals surface area (Å²) in [5, 5.41) is 13.2. The SMILES string of the molecule is O=C(NCc1cn(-c2cccnc2)nn1)NCc1ccccc1F. The van der Waals surface area contributed by atoms with E-state index in [1.54, 1.807) is 47.5 Å². The van der Waals surface area contributed by atoms with Crippen LogP contribution in [0.4, 0.5) is 9.18 Å². The average Bonchev–Trinajstić information content (AvgIpc) is 3.09. The van der Waals surface area contributed by atoms with Crippen LogP contribution in [0.25, 0.3) is 5.69 Å². The van der Waals surface area contributed by atoms with Crippen LogP contribution in [0, 0.1) is 5.82 Å². The average molecular weight is 326 g/mol. The highest BCUT2D eigenvalue weighted by atomic mass is 19.1. The molecule has 2 N–H and O–H groups in total. The summed E-state index contributed by atoms with van der Waals surface area (Å²) in [5.41, 5.74) is 1.80. The van der Waals surface area contributed by atoms with Gasteiger partial charge in [0.05, 0.1) is 24.6 Å². The molecule has 1 aromatic carbocycles. The molecule has 0 bridgehead atoms. The van der Waals surface area contributed by atoms with Gasteiger partial charge in [0.2, 0.25) is 0 Å². The van der Waals surface area contributed by atoms with Crippen LogP contribution >= 0.6 is 0 Å². The van der Waals surface area contributed by atoms with E-state index in [0.29, 0.717) is 11.3 Å². The van der Waals surface area contributed by atoms with E-state index in [1.165, 1.54) is 6.07 Å². The lowest BCUT2D eigenvalue weighted by Gasteiger charge is -2.07. The van der Waals surface area contributed by atoms with E-state index in [1.807, 2.05) is 6.07 Å². The van der Waals surface area contributed by atoms with Crippen molar-refractivity contribution in [2.75, 3.05) is 0 Å². The maximum atomic E-state index is 13.5. The summed E-state index contributed by atoms with van der Waals surface area (Å²) in [6.45, 7) is 0.324. The van der Waals surface area contributed by atoms with Crippen molar-refractivity contribution in [3.8, 4) is 5.69 Å². The number of nitrogens with one attached hydrogen (secondary N) is 2. The molecule has 122 valence electrons. The Labute approximate surface area is 137 Å². The Morgan fingerprint density at radius 3 is 2.75 bits per heavy atom. The van der Waals surface area contributed by atoms with E-state index in [0.717, 1.165) is 5.69 Å². The van der Waals surface area contributed by atoms with E-state index < -0.39 is 6.03 Å². The minimum Gasteiger partial charge on any atom is -0.334 e. The Morgan fingerprint density at radius 1 is 1.12 bits per heavy atom. The minimum absolute atomic E-state index is 0.112. The van der Waals surface area contributed by atoms with Crippen molar-refractivity contribution < 1.29 is 9.18 Å². The van der Waals surface area contributed by atoms with Gasteiger partial charge in [-0.15, -0.1) is 5.10 Å². The Balaban J connectivity index is 1.50. The van der Waals surface area contributed by atoms with Gasteiger partial charge in [0.1, 0.15) is 11.5 Å². The molecule has 0 aliphatic rings. The molecule has 0 atom stereocenters. The first-order chi connectivity index (χ1) is 11.7. The zero-order valence-corrected chi connectivity index (χ0v) is 12.7. The van der Waals surface area contributed by atoms with Gasteiger partial charge in [0.25, 0.3) is 0 Å². The van der Waals surface area contributed by atoms with E-state index in [4.69, 9.17) is 0 Å². The van der Waals surface area contributed by atoms with Crippen LogP contribution < -0.4 is 10.6 Å². The maximum Gasteiger partial charge on any atom is 0.315 e. The fourth-order valence-corrected chi connectivity index (χ4v) is 2.05. The number of carbonyl (C=O) groups is 1. The van der Waals surface area contributed by atoms with Gasteiger partial charge in [-0.05, 0) is 18.2 Å². The number of rotatable bonds is 5. The quantitative estimate of drug-likeness (QED) is 0.749. The minimum atomic E-state index is -0.408. The number of aromatic nitrogens is 4. The van der Waals surface area contributed by atoms with Crippen LogP contribution in [0.2, 0.25) is 0 Å². The normalized spacial score (nSPS) is 10.4. The Kier molecular flexibility index (Phi) is 4.76. The maximum absolute atomic E-state index is 13.5. The summed E-state index contributed by atoms with van der Waals surface area (Å²) in [7, 11) is 0. The molecule has 3 aromatic rings. The fraction of sp³-hybridized carbons (Fsp3) is 0.125. The van der Waals surface area contributed by atoms with Crippen LogP contribution in [-0.4, -0.2) is 26.0 Å². The molecule has 3 rings (SSSR count). The van der Waals surface area contributed by atoms with Gasteiger partial charge >= 0.3 is 6.03 Å². The van der Waals surface area contributed by atoms with E-state index in [2.05, 4.69) is 25.9 Å². The molecule has 24 heavy (non-hydrogen) atoms. The predicted octanol–water partition coefficient (Wildman–Crippen LogP) is 1.80. The number of urea groups is 1. The molecule has 0 saturated carbocycles. The molecule has 0 aliphatic heterocycles. The van der Waals surface area contributed by atoms with Gasteiger partial charge in [-0.3, -0.25) is 4.98 Å². The number of amides is 2. The number of pyridine rings is 1. The summed E-state index contributed by atoms with van der Waals surface area (Å²) < 4.78 is 15.0. The lowest BCUT2D eigenvalue weighted by molar-refractivity contribution is 0.240. The topological polar surface area (TPSA) is 84.7 Å². The van der Waals surface area contributed by atoms with E-state index in [-0.39, 0.29) is 18.9 Å². The molecule has 8 heteroatoms. The smallest absolute Gasteiger partial charge is 0.315 e. The van der Waals surface area contributed by atoms with Gasteiger partial charge in [-0.1, -0.05) is 23.4 Å². The van der Waals surface area contributed by atoms with Crippen LogP contribution in [-0.2, 0) is 13.1 Å². The van der Waals surface area contributed by atoms with Crippen molar-refractivity contribution in [3.63, 3.8) is 0 Å². The lowest BCUT2D eigenvalue weighted by atomic mass is 10.2. The molecule has 0 saturated heterocycles. The Hall–Kier alpha value is -3.29. The first-order valence-electron chi connectivity index (χ1n) is 7.29. The molecule has 2 heterocycles. The molecule has 0 fully saturated rings. The number of hydrogen-bond acceptors (Lipinski definition) is 4. The highest BCUT2D eigenvalue weighted by molar-refractivity contribution is 5.73. The van der Waals surface area contributed by atoms with Crippen LogP contribution in [0.1, 0.15) is 11.3 Å². The second-order valence-electron chi connectivity index (χ2n) is 4.99. The Morgan fingerprint density at radius 2 is 1.96 bits per heavy atom. The molecule has 0 spiro atoms. The van der Waals surface area contributed by atoms with Crippen LogP contribution in [0.15, 0.2) is 55.0 Å². The van der Waals surface area contributed by atoms with Gasteiger partial charge in [-0.25, -0.2) is 13.9 Å². The second-order valence-corrected chi connectivity index (χ2v) is 4.99. The van der Waals surface area contributed by atoms with Crippen molar-refractivity contribution in [2.45, 2.75) is 13.1 Å². The highest BCUT2D eigenvalue weighted by Crippen LogP contribution is 2.06. The largest absolute Gasteiger partial charge is 0.334 e. The van der Waals surface area contributed by atoms with Crippen molar-refractivity contribution in [1.82, 2.24) is 30.6 Å². The van der Waals surface area contributed by atoms with E-state index in [9.17, 15) is 9.18 Å².